The van der Waals surface area contributed by atoms with Gasteiger partial charge in [-0.2, -0.15) is 0 Å². The van der Waals surface area contributed by atoms with Gasteiger partial charge in [-0.1, -0.05) is 13.8 Å². The Hall–Kier alpha value is -0.810. The van der Waals surface area contributed by atoms with E-state index < -0.39 is 16.6 Å². The Labute approximate surface area is 133 Å². The maximum Gasteiger partial charge on any atom is 0.410 e. The molecule has 0 atom stereocenters. The Kier molecular flexibility index (Phi) is 4.29. The molecule has 5 nitrogen and oxygen atoms in total. The quantitative estimate of drug-likeness (QED) is 0.822. The lowest BCUT2D eigenvalue weighted by molar-refractivity contribution is -0.212. The molecule has 1 saturated heterocycles. The minimum absolute atomic E-state index is 0.0133. The molecule has 2 rings (SSSR count). The molecular weight excluding hydrogens is 282 g/mol. The van der Waals surface area contributed by atoms with Crippen molar-refractivity contribution in [1.29, 1.82) is 0 Å². The molecule has 0 aromatic carbocycles. The third-order valence-corrected chi connectivity index (χ3v) is 5.17. The number of carbonyl (C=O) groups is 1. The van der Waals surface area contributed by atoms with E-state index in [2.05, 4.69) is 13.8 Å². The van der Waals surface area contributed by atoms with E-state index >= 15 is 0 Å². The van der Waals surface area contributed by atoms with Crippen molar-refractivity contribution < 1.29 is 19.7 Å². The van der Waals surface area contributed by atoms with Crippen LogP contribution >= 0.6 is 0 Å². The minimum Gasteiger partial charge on any atom is -0.444 e. The van der Waals surface area contributed by atoms with Crippen molar-refractivity contribution in [3.05, 3.63) is 0 Å². The Morgan fingerprint density at radius 2 is 1.68 bits per heavy atom. The molecule has 22 heavy (non-hydrogen) atoms. The van der Waals surface area contributed by atoms with Crippen molar-refractivity contribution in [3.8, 4) is 0 Å². The third-order valence-electron chi connectivity index (χ3n) is 5.17. The van der Waals surface area contributed by atoms with E-state index in [1.165, 1.54) is 0 Å². The number of piperidine rings is 1. The van der Waals surface area contributed by atoms with Crippen molar-refractivity contribution in [3.63, 3.8) is 0 Å². The SMILES string of the molecule is CC1(C)CC(CO)(C2(O)CCN(C(=O)OC(C)(C)C)CC2)C1. The molecule has 2 N–H and O–H groups in total. The number of aliphatic hydroxyl groups is 2. The maximum atomic E-state index is 12.1. The molecule has 2 fully saturated rings. The van der Waals surface area contributed by atoms with Crippen molar-refractivity contribution in [2.24, 2.45) is 10.8 Å². The third kappa shape index (κ3) is 3.25. The molecule has 128 valence electrons. The van der Waals surface area contributed by atoms with Crippen LogP contribution in [0, 0.1) is 10.8 Å². The zero-order chi connectivity index (χ0) is 16.8. The summed E-state index contributed by atoms with van der Waals surface area (Å²) in [4.78, 5) is 13.8. The van der Waals surface area contributed by atoms with Crippen molar-refractivity contribution >= 4 is 6.09 Å². The van der Waals surface area contributed by atoms with Gasteiger partial charge in [-0.05, 0) is 51.9 Å². The highest BCUT2D eigenvalue weighted by atomic mass is 16.6. The van der Waals surface area contributed by atoms with Gasteiger partial charge in [-0.25, -0.2) is 4.79 Å². The van der Waals surface area contributed by atoms with E-state index in [-0.39, 0.29) is 18.1 Å². The zero-order valence-electron chi connectivity index (χ0n) is 14.6. The summed E-state index contributed by atoms with van der Waals surface area (Å²) in [6.07, 6.45) is 2.35. The molecule has 1 heterocycles. The fourth-order valence-electron chi connectivity index (χ4n) is 4.28. The highest BCUT2D eigenvalue weighted by Gasteiger charge is 2.60. The first-order valence-corrected chi connectivity index (χ1v) is 8.23. The van der Waals surface area contributed by atoms with Crippen LogP contribution in [0.2, 0.25) is 0 Å². The van der Waals surface area contributed by atoms with E-state index in [9.17, 15) is 15.0 Å². The summed E-state index contributed by atoms with van der Waals surface area (Å²) in [6.45, 7) is 10.9. The van der Waals surface area contributed by atoms with Crippen molar-refractivity contribution in [1.82, 2.24) is 4.90 Å². The van der Waals surface area contributed by atoms with Gasteiger partial charge >= 0.3 is 6.09 Å². The van der Waals surface area contributed by atoms with E-state index in [4.69, 9.17) is 4.74 Å². The van der Waals surface area contributed by atoms with E-state index in [1.807, 2.05) is 20.8 Å². The van der Waals surface area contributed by atoms with Gasteiger partial charge in [0.15, 0.2) is 0 Å². The predicted molar refractivity (Wildman–Crippen MR) is 84.5 cm³/mol. The summed E-state index contributed by atoms with van der Waals surface area (Å²) in [5.74, 6) is 0. The number of carbonyl (C=O) groups excluding carboxylic acids is 1. The molecule has 2 aliphatic rings. The van der Waals surface area contributed by atoms with Crippen LogP contribution < -0.4 is 0 Å². The average Bonchev–Trinajstić information content (AvgIpc) is 2.33. The highest BCUT2D eigenvalue weighted by molar-refractivity contribution is 5.68. The second-order valence-electron chi connectivity index (χ2n) is 8.96. The van der Waals surface area contributed by atoms with Crippen LogP contribution in [0.25, 0.3) is 0 Å². The van der Waals surface area contributed by atoms with Gasteiger partial charge in [-0.15, -0.1) is 0 Å². The molecule has 0 aromatic rings. The van der Waals surface area contributed by atoms with Crippen molar-refractivity contribution in [2.75, 3.05) is 19.7 Å². The van der Waals surface area contributed by atoms with Gasteiger partial charge in [0.1, 0.15) is 5.60 Å². The Bertz CT molecular complexity index is 422. The molecule has 1 amide bonds. The Morgan fingerprint density at radius 3 is 2.05 bits per heavy atom. The van der Waals surface area contributed by atoms with Crippen LogP contribution in [-0.4, -0.2) is 52.1 Å². The van der Waals surface area contributed by atoms with Crippen LogP contribution in [0.1, 0.15) is 60.3 Å². The smallest absolute Gasteiger partial charge is 0.410 e. The minimum atomic E-state index is -0.879. The van der Waals surface area contributed by atoms with E-state index in [0.29, 0.717) is 25.9 Å². The summed E-state index contributed by atoms with van der Waals surface area (Å²) in [5.41, 5.74) is -1.61. The molecule has 1 aliphatic heterocycles. The summed E-state index contributed by atoms with van der Waals surface area (Å²) in [7, 11) is 0. The molecular formula is C17H31NO4. The number of nitrogens with zero attached hydrogens (tertiary/aromatic N) is 1. The second-order valence-corrected chi connectivity index (χ2v) is 8.96. The maximum absolute atomic E-state index is 12.1. The molecule has 5 heteroatoms. The monoisotopic (exact) mass is 313 g/mol. The summed E-state index contributed by atoms with van der Waals surface area (Å²) in [6, 6.07) is 0. The predicted octanol–water partition coefficient (Wildman–Crippen LogP) is 2.55. The lowest BCUT2D eigenvalue weighted by atomic mass is 9.47. The molecule has 0 aromatic heterocycles. The summed E-state index contributed by atoms with van der Waals surface area (Å²) < 4.78 is 5.39. The Morgan fingerprint density at radius 1 is 1.18 bits per heavy atom. The number of aliphatic hydroxyl groups excluding tert-OH is 1. The standard InChI is InChI=1S/C17H31NO4/c1-14(2,3)22-13(20)18-8-6-17(21,7-9-18)16(12-19)10-15(4,5)11-16/h19,21H,6-12H2,1-5H3. The first-order chi connectivity index (χ1) is 9.92. The van der Waals surface area contributed by atoms with Crippen LogP contribution in [0.15, 0.2) is 0 Å². The second kappa shape index (κ2) is 5.38. The van der Waals surface area contributed by atoms with Crippen LogP contribution in [0.4, 0.5) is 4.79 Å². The van der Waals surface area contributed by atoms with E-state index in [0.717, 1.165) is 12.8 Å². The molecule has 0 spiro atoms. The van der Waals surface area contributed by atoms with Crippen LogP contribution in [0.3, 0.4) is 0 Å². The largest absolute Gasteiger partial charge is 0.444 e. The lowest BCUT2D eigenvalue weighted by Crippen LogP contribution is -2.64. The lowest BCUT2D eigenvalue weighted by Gasteiger charge is -2.61. The highest BCUT2D eigenvalue weighted by Crippen LogP contribution is 2.61. The number of ether oxygens (including phenoxy) is 1. The molecule has 0 unspecified atom stereocenters. The topological polar surface area (TPSA) is 70.0 Å². The normalized spacial score (nSPS) is 26.2. The molecule has 0 bridgehead atoms. The van der Waals surface area contributed by atoms with Crippen LogP contribution in [0.5, 0.6) is 0 Å². The van der Waals surface area contributed by atoms with Crippen LogP contribution in [-0.2, 0) is 4.74 Å². The zero-order valence-corrected chi connectivity index (χ0v) is 14.6. The first kappa shape index (κ1) is 17.5. The fraction of sp³-hybridized carbons (Fsp3) is 0.941. The fourth-order valence-corrected chi connectivity index (χ4v) is 4.28. The number of hydrogen-bond donors (Lipinski definition) is 2. The summed E-state index contributed by atoms with van der Waals surface area (Å²) >= 11 is 0. The van der Waals surface area contributed by atoms with Gasteiger partial charge < -0.3 is 19.8 Å². The van der Waals surface area contributed by atoms with Crippen molar-refractivity contribution in [2.45, 2.75) is 71.5 Å². The molecule has 1 saturated carbocycles. The Balaban J connectivity index is 1.98. The number of hydrogen-bond acceptors (Lipinski definition) is 4. The molecule has 1 aliphatic carbocycles. The number of amides is 1. The molecule has 0 radical (unpaired) electrons. The van der Waals surface area contributed by atoms with Gasteiger partial charge in [0, 0.05) is 18.5 Å². The van der Waals surface area contributed by atoms with Gasteiger partial charge in [0.05, 0.1) is 12.2 Å². The number of rotatable bonds is 2. The van der Waals surface area contributed by atoms with E-state index in [1.54, 1.807) is 4.90 Å². The first-order valence-electron chi connectivity index (χ1n) is 8.23. The van der Waals surface area contributed by atoms with Gasteiger partial charge in [0.25, 0.3) is 0 Å². The number of likely N-dealkylation sites (tertiary alicyclic amines) is 1. The average molecular weight is 313 g/mol. The summed E-state index contributed by atoms with van der Waals surface area (Å²) in [5, 5.41) is 20.9. The van der Waals surface area contributed by atoms with Gasteiger partial charge in [0.2, 0.25) is 0 Å². The van der Waals surface area contributed by atoms with Gasteiger partial charge in [-0.3, -0.25) is 0 Å².